The lowest BCUT2D eigenvalue weighted by atomic mass is 10.0. The topological polar surface area (TPSA) is 101 Å². The summed E-state index contributed by atoms with van der Waals surface area (Å²) in [5.41, 5.74) is 5.99. The lowest BCUT2D eigenvalue weighted by Crippen LogP contribution is -2.34. The minimum atomic E-state index is -0.634. The number of aromatic nitrogens is 1. The molecule has 4 N–H and O–H groups in total. The average molecular weight is 222 g/mol. The summed E-state index contributed by atoms with van der Waals surface area (Å²) in [5.74, 6) is -1.04. The molecule has 6 nitrogen and oxygen atoms in total. The van der Waals surface area contributed by atoms with Gasteiger partial charge >= 0.3 is 0 Å². The van der Waals surface area contributed by atoms with Crippen molar-refractivity contribution in [3.8, 4) is 0 Å². The van der Waals surface area contributed by atoms with E-state index in [4.69, 9.17) is 10.9 Å². The van der Waals surface area contributed by atoms with Crippen molar-refractivity contribution >= 4 is 17.4 Å². The first-order valence-corrected chi connectivity index (χ1v) is 4.87. The van der Waals surface area contributed by atoms with Crippen LogP contribution in [0.25, 0.3) is 0 Å². The predicted molar refractivity (Wildman–Crippen MR) is 60.1 cm³/mol. The molecule has 0 aliphatic carbocycles. The molecule has 0 fully saturated rings. The summed E-state index contributed by atoms with van der Waals surface area (Å²) in [6.07, 6.45) is 3.59. The van der Waals surface area contributed by atoms with Gasteiger partial charge in [-0.25, -0.2) is 0 Å². The first-order valence-electron chi connectivity index (χ1n) is 4.87. The van der Waals surface area contributed by atoms with Crippen molar-refractivity contribution in [1.29, 1.82) is 0 Å². The van der Waals surface area contributed by atoms with Gasteiger partial charge in [0.05, 0.1) is 17.8 Å². The zero-order chi connectivity index (χ0) is 12.0. The van der Waals surface area contributed by atoms with E-state index in [-0.39, 0.29) is 11.7 Å². The van der Waals surface area contributed by atoms with Crippen LogP contribution in [0.3, 0.4) is 0 Å². The molecule has 0 aliphatic rings. The number of carbonyl (C=O) groups is 1. The monoisotopic (exact) mass is 222 g/mol. The zero-order valence-electron chi connectivity index (χ0n) is 8.92. The van der Waals surface area contributed by atoms with Gasteiger partial charge in [0.1, 0.15) is 0 Å². The highest BCUT2D eigenvalue weighted by Gasteiger charge is 2.21. The van der Waals surface area contributed by atoms with Crippen LogP contribution < -0.4 is 11.1 Å². The molecule has 1 unspecified atom stereocenters. The summed E-state index contributed by atoms with van der Waals surface area (Å²) >= 11 is 0. The van der Waals surface area contributed by atoms with Crippen LogP contribution in [0.15, 0.2) is 29.7 Å². The van der Waals surface area contributed by atoms with Gasteiger partial charge in [-0.15, -0.1) is 0 Å². The lowest BCUT2D eigenvalue weighted by Gasteiger charge is -2.12. The average Bonchev–Trinajstić information content (AvgIpc) is 2.31. The molecule has 0 saturated carbocycles. The minimum Gasteiger partial charge on any atom is -0.409 e. The number of carbonyl (C=O) groups excluding carboxylic acids is 1. The second-order valence-corrected chi connectivity index (χ2v) is 3.22. The van der Waals surface area contributed by atoms with E-state index < -0.39 is 5.92 Å². The van der Waals surface area contributed by atoms with Gasteiger partial charge < -0.3 is 16.3 Å². The van der Waals surface area contributed by atoms with Gasteiger partial charge in [0.15, 0.2) is 5.84 Å². The van der Waals surface area contributed by atoms with Crippen LogP contribution in [0, 0.1) is 5.92 Å². The number of hydrogen-bond acceptors (Lipinski definition) is 4. The van der Waals surface area contributed by atoms with Crippen molar-refractivity contribution < 1.29 is 10.0 Å². The van der Waals surface area contributed by atoms with Crippen molar-refractivity contribution in [3.05, 3.63) is 24.5 Å². The molecule has 0 aromatic carbocycles. The quantitative estimate of drug-likeness (QED) is 0.303. The molecule has 1 aromatic rings. The van der Waals surface area contributed by atoms with Crippen LogP contribution in [-0.2, 0) is 4.79 Å². The maximum absolute atomic E-state index is 11.7. The van der Waals surface area contributed by atoms with E-state index in [1.807, 2.05) is 0 Å². The van der Waals surface area contributed by atoms with Gasteiger partial charge in [-0.3, -0.25) is 9.78 Å². The second kappa shape index (κ2) is 5.69. The molecule has 6 heteroatoms. The minimum absolute atomic E-state index is 0.0936. The van der Waals surface area contributed by atoms with Crippen LogP contribution in [0.5, 0.6) is 0 Å². The Kier molecular flexibility index (Phi) is 4.26. The maximum Gasteiger partial charge on any atom is 0.235 e. The van der Waals surface area contributed by atoms with Crippen LogP contribution in [-0.4, -0.2) is 21.9 Å². The number of amidine groups is 1. The van der Waals surface area contributed by atoms with E-state index in [9.17, 15) is 4.79 Å². The maximum atomic E-state index is 11.7. The largest absolute Gasteiger partial charge is 0.409 e. The molecule has 1 rings (SSSR count). The molecular weight excluding hydrogens is 208 g/mol. The molecule has 16 heavy (non-hydrogen) atoms. The molecule has 0 aliphatic heterocycles. The van der Waals surface area contributed by atoms with Gasteiger partial charge in [-0.2, -0.15) is 0 Å². The summed E-state index contributed by atoms with van der Waals surface area (Å²) in [6.45, 7) is 1.78. The van der Waals surface area contributed by atoms with Crippen LogP contribution in [0.2, 0.25) is 0 Å². The normalized spacial score (nSPS) is 13.2. The molecule has 1 aromatic heterocycles. The Morgan fingerprint density at radius 2 is 2.50 bits per heavy atom. The first-order chi connectivity index (χ1) is 7.69. The SMILES string of the molecule is CCC(C(=O)Nc1cccnc1)C(N)=NO. The van der Waals surface area contributed by atoms with E-state index in [2.05, 4.69) is 15.5 Å². The standard InChI is InChI=1S/C10H14N4O2/c1-2-8(9(11)14-16)10(15)13-7-4-3-5-12-6-7/h3-6,8,16H,2H2,1H3,(H2,11,14)(H,13,15). The molecule has 0 spiro atoms. The summed E-state index contributed by atoms with van der Waals surface area (Å²) in [5, 5.41) is 14.0. The van der Waals surface area contributed by atoms with Crippen LogP contribution in [0.4, 0.5) is 5.69 Å². The number of oxime groups is 1. The van der Waals surface area contributed by atoms with Gasteiger partial charge in [0.25, 0.3) is 0 Å². The molecule has 0 bridgehead atoms. The highest BCUT2D eigenvalue weighted by molar-refractivity contribution is 6.07. The molecule has 0 radical (unpaired) electrons. The third kappa shape index (κ3) is 2.94. The third-order valence-corrected chi connectivity index (χ3v) is 2.13. The summed E-state index contributed by atoms with van der Waals surface area (Å²) in [4.78, 5) is 15.6. The Bertz CT molecular complexity index is 378. The van der Waals surface area contributed by atoms with Crippen LogP contribution >= 0.6 is 0 Å². The number of rotatable bonds is 4. The number of nitrogens with zero attached hydrogens (tertiary/aromatic N) is 2. The number of nitrogens with one attached hydrogen (secondary N) is 1. The van der Waals surface area contributed by atoms with E-state index in [0.717, 1.165) is 0 Å². The van der Waals surface area contributed by atoms with E-state index in [1.54, 1.807) is 25.3 Å². The van der Waals surface area contributed by atoms with Crippen molar-refractivity contribution in [3.63, 3.8) is 0 Å². The van der Waals surface area contributed by atoms with E-state index in [0.29, 0.717) is 12.1 Å². The molecule has 0 saturated heterocycles. The number of anilines is 1. The fourth-order valence-corrected chi connectivity index (χ4v) is 1.26. The summed E-state index contributed by atoms with van der Waals surface area (Å²) in [6, 6.07) is 3.42. The smallest absolute Gasteiger partial charge is 0.235 e. The van der Waals surface area contributed by atoms with E-state index in [1.165, 1.54) is 6.20 Å². The van der Waals surface area contributed by atoms with E-state index >= 15 is 0 Å². The Hall–Kier alpha value is -2.11. The zero-order valence-corrected chi connectivity index (χ0v) is 8.92. The predicted octanol–water partition coefficient (Wildman–Crippen LogP) is 0.793. The number of pyridine rings is 1. The van der Waals surface area contributed by atoms with Gasteiger partial charge in [0, 0.05) is 6.20 Å². The Morgan fingerprint density at radius 3 is 3.00 bits per heavy atom. The fourth-order valence-electron chi connectivity index (χ4n) is 1.26. The van der Waals surface area contributed by atoms with Crippen molar-refractivity contribution in [2.24, 2.45) is 16.8 Å². The third-order valence-electron chi connectivity index (χ3n) is 2.13. The van der Waals surface area contributed by atoms with Gasteiger partial charge in [0.2, 0.25) is 5.91 Å². The molecular formula is C10H14N4O2. The molecule has 86 valence electrons. The highest BCUT2D eigenvalue weighted by Crippen LogP contribution is 2.09. The second-order valence-electron chi connectivity index (χ2n) is 3.22. The number of nitrogens with two attached hydrogens (primary N) is 1. The summed E-state index contributed by atoms with van der Waals surface area (Å²) < 4.78 is 0. The summed E-state index contributed by atoms with van der Waals surface area (Å²) in [7, 11) is 0. The van der Waals surface area contributed by atoms with Crippen LogP contribution in [0.1, 0.15) is 13.3 Å². The molecule has 1 heterocycles. The van der Waals surface area contributed by atoms with Gasteiger partial charge in [-0.1, -0.05) is 12.1 Å². The molecule has 1 atom stereocenters. The highest BCUT2D eigenvalue weighted by atomic mass is 16.4. The lowest BCUT2D eigenvalue weighted by molar-refractivity contribution is -0.118. The van der Waals surface area contributed by atoms with Gasteiger partial charge in [-0.05, 0) is 18.6 Å². The van der Waals surface area contributed by atoms with Crippen molar-refractivity contribution in [1.82, 2.24) is 4.98 Å². The van der Waals surface area contributed by atoms with Crippen molar-refractivity contribution in [2.75, 3.05) is 5.32 Å². The number of amides is 1. The number of hydrogen-bond donors (Lipinski definition) is 3. The molecule has 1 amide bonds. The fraction of sp³-hybridized carbons (Fsp3) is 0.300. The Labute approximate surface area is 93.2 Å². The Morgan fingerprint density at radius 1 is 1.75 bits per heavy atom. The first kappa shape index (κ1) is 12.0. The Balaban J connectivity index is 2.71. The van der Waals surface area contributed by atoms with Crippen molar-refractivity contribution in [2.45, 2.75) is 13.3 Å².